The van der Waals surface area contributed by atoms with Crippen molar-refractivity contribution in [1.82, 2.24) is 20.2 Å². The third-order valence-corrected chi connectivity index (χ3v) is 1.90. The Balaban J connectivity index is 2.53. The maximum absolute atomic E-state index is 4.25. The van der Waals surface area contributed by atoms with Crippen LogP contribution in [-0.2, 0) is 0 Å². The summed E-state index contributed by atoms with van der Waals surface area (Å²) in [5.41, 5.74) is 1.74. The molecular formula is C9H11N5. The van der Waals surface area contributed by atoms with Gasteiger partial charge in [-0.1, -0.05) is 0 Å². The van der Waals surface area contributed by atoms with Crippen LogP contribution < -0.4 is 5.32 Å². The summed E-state index contributed by atoms with van der Waals surface area (Å²) in [5, 5.41) is 11.0. The molecule has 2 N–H and O–H groups in total. The highest BCUT2D eigenvalue weighted by Crippen LogP contribution is 2.21. The van der Waals surface area contributed by atoms with Gasteiger partial charge in [0.05, 0.1) is 0 Å². The second-order valence-corrected chi connectivity index (χ2v) is 2.91. The van der Waals surface area contributed by atoms with Crippen molar-refractivity contribution in [2.75, 3.05) is 12.4 Å². The lowest BCUT2D eigenvalue weighted by molar-refractivity contribution is 0.916. The molecule has 0 fully saturated rings. The Morgan fingerprint density at radius 3 is 2.86 bits per heavy atom. The van der Waals surface area contributed by atoms with Crippen molar-refractivity contribution < 1.29 is 0 Å². The highest BCUT2D eigenvalue weighted by atomic mass is 15.2. The predicted molar refractivity (Wildman–Crippen MR) is 53.9 cm³/mol. The normalized spacial score (nSPS) is 10.1. The van der Waals surface area contributed by atoms with Gasteiger partial charge in [0, 0.05) is 25.0 Å². The van der Waals surface area contributed by atoms with Crippen molar-refractivity contribution in [3.63, 3.8) is 0 Å². The molecule has 0 bridgehead atoms. The SMILES string of the molecule is CNc1nc(C)nnc1-c1cc[nH]c1. The molecule has 5 nitrogen and oxygen atoms in total. The average Bonchev–Trinajstić information content (AvgIpc) is 2.70. The Bertz CT molecular complexity index is 421. The number of anilines is 1. The fourth-order valence-corrected chi connectivity index (χ4v) is 1.25. The van der Waals surface area contributed by atoms with Crippen LogP contribution in [-0.4, -0.2) is 27.2 Å². The molecule has 0 saturated carbocycles. The summed E-state index contributed by atoms with van der Waals surface area (Å²) < 4.78 is 0. The molecule has 0 atom stereocenters. The third kappa shape index (κ3) is 1.44. The van der Waals surface area contributed by atoms with E-state index in [1.54, 1.807) is 0 Å². The van der Waals surface area contributed by atoms with Crippen LogP contribution in [0.25, 0.3) is 11.3 Å². The minimum Gasteiger partial charge on any atom is -0.371 e. The number of rotatable bonds is 2. The van der Waals surface area contributed by atoms with E-state index >= 15 is 0 Å². The van der Waals surface area contributed by atoms with Gasteiger partial charge in [-0.3, -0.25) is 0 Å². The van der Waals surface area contributed by atoms with E-state index in [9.17, 15) is 0 Å². The topological polar surface area (TPSA) is 66.5 Å². The molecule has 0 saturated heterocycles. The molecule has 0 unspecified atom stereocenters. The summed E-state index contributed by atoms with van der Waals surface area (Å²) in [6.45, 7) is 1.81. The van der Waals surface area contributed by atoms with E-state index in [2.05, 4.69) is 25.5 Å². The Morgan fingerprint density at radius 2 is 2.21 bits per heavy atom. The Kier molecular flexibility index (Phi) is 2.14. The zero-order valence-electron chi connectivity index (χ0n) is 8.07. The number of H-pyrrole nitrogens is 1. The number of aromatic nitrogens is 4. The average molecular weight is 189 g/mol. The summed E-state index contributed by atoms with van der Waals surface area (Å²) in [5.74, 6) is 1.41. The lowest BCUT2D eigenvalue weighted by Crippen LogP contribution is -2.02. The van der Waals surface area contributed by atoms with E-state index in [1.165, 1.54) is 0 Å². The molecule has 5 heteroatoms. The zero-order chi connectivity index (χ0) is 9.97. The molecule has 0 spiro atoms. The van der Waals surface area contributed by atoms with Crippen molar-refractivity contribution in [2.24, 2.45) is 0 Å². The second-order valence-electron chi connectivity index (χ2n) is 2.91. The minimum absolute atomic E-state index is 0.661. The van der Waals surface area contributed by atoms with Crippen LogP contribution in [0.2, 0.25) is 0 Å². The van der Waals surface area contributed by atoms with Crippen molar-refractivity contribution in [3.05, 3.63) is 24.3 Å². The van der Waals surface area contributed by atoms with Gasteiger partial charge in [-0.2, -0.15) is 0 Å². The molecule has 2 heterocycles. The van der Waals surface area contributed by atoms with Gasteiger partial charge < -0.3 is 10.3 Å². The van der Waals surface area contributed by atoms with E-state index in [1.807, 2.05) is 32.4 Å². The van der Waals surface area contributed by atoms with Crippen LogP contribution in [0.15, 0.2) is 18.5 Å². The number of aromatic amines is 1. The van der Waals surface area contributed by atoms with Gasteiger partial charge in [0.15, 0.2) is 5.82 Å². The number of nitrogens with one attached hydrogen (secondary N) is 2. The molecule has 0 radical (unpaired) electrons. The Labute approximate surface area is 81.6 Å². The molecule has 0 aromatic carbocycles. The van der Waals surface area contributed by atoms with Crippen molar-refractivity contribution in [3.8, 4) is 11.3 Å². The van der Waals surface area contributed by atoms with Gasteiger partial charge in [0.2, 0.25) is 0 Å². The zero-order valence-corrected chi connectivity index (χ0v) is 8.07. The van der Waals surface area contributed by atoms with Gasteiger partial charge >= 0.3 is 0 Å². The smallest absolute Gasteiger partial charge is 0.156 e. The van der Waals surface area contributed by atoms with Crippen LogP contribution in [0.5, 0.6) is 0 Å². The van der Waals surface area contributed by atoms with Crippen LogP contribution in [0, 0.1) is 6.92 Å². The van der Waals surface area contributed by atoms with Crippen LogP contribution in [0.3, 0.4) is 0 Å². The fraction of sp³-hybridized carbons (Fsp3) is 0.222. The first kappa shape index (κ1) is 8.68. The molecular weight excluding hydrogens is 178 g/mol. The number of hydrogen-bond acceptors (Lipinski definition) is 4. The minimum atomic E-state index is 0.661. The van der Waals surface area contributed by atoms with Gasteiger partial charge in [0.1, 0.15) is 11.5 Å². The highest BCUT2D eigenvalue weighted by Gasteiger charge is 2.08. The van der Waals surface area contributed by atoms with Gasteiger partial charge in [0.25, 0.3) is 0 Å². The first-order valence-electron chi connectivity index (χ1n) is 4.33. The number of nitrogens with zero attached hydrogens (tertiary/aromatic N) is 3. The summed E-state index contributed by atoms with van der Waals surface area (Å²) in [6, 6.07) is 1.93. The van der Waals surface area contributed by atoms with E-state index in [0.29, 0.717) is 5.82 Å². The Morgan fingerprint density at radius 1 is 1.36 bits per heavy atom. The van der Waals surface area contributed by atoms with Crippen LogP contribution >= 0.6 is 0 Å². The highest BCUT2D eigenvalue weighted by molar-refractivity contribution is 5.69. The number of aryl methyl sites for hydroxylation is 1. The van der Waals surface area contributed by atoms with E-state index < -0.39 is 0 Å². The first-order valence-corrected chi connectivity index (χ1v) is 4.33. The predicted octanol–water partition coefficient (Wildman–Crippen LogP) is 1.22. The fourth-order valence-electron chi connectivity index (χ4n) is 1.25. The molecule has 2 aromatic heterocycles. The van der Waals surface area contributed by atoms with Crippen LogP contribution in [0.1, 0.15) is 5.82 Å². The van der Waals surface area contributed by atoms with Crippen molar-refractivity contribution in [1.29, 1.82) is 0 Å². The van der Waals surface area contributed by atoms with Gasteiger partial charge in [-0.15, -0.1) is 10.2 Å². The first-order chi connectivity index (χ1) is 6.81. The van der Waals surface area contributed by atoms with E-state index in [-0.39, 0.29) is 0 Å². The monoisotopic (exact) mass is 189 g/mol. The van der Waals surface area contributed by atoms with E-state index in [4.69, 9.17) is 0 Å². The molecule has 0 aliphatic heterocycles. The van der Waals surface area contributed by atoms with Gasteiger partial charge in [-0.25, -0.2) is 4.98 Å². The largest absolute Gasteiger partial charge is 0.371 e. The molecule has 2 aromatic rings. The molecule has 0 amide bonds. The lowest BCUT2D eigenvalue weighted by atomic mass is 10.2. The van der Waals surface area contributed by atoms with E-state index in [0.717, 1.165) is 17.1 Å². The Hall–Kier alpha value is -1.91. The van der Waals surface area contributed by atoms with Crippen molar-refractivity contribution in [2.45, 2.75) is 6.92 Å². The van der Waals surface area contributed by atoms with Crippen molar-refractivity contribution >= 4 is 5.82 Å². The summed E-state index contributed by atoms with van der Waals surface area (Å²) >= 11 is 0. The molecule has 0 aliphatic rings. The second kappa shape index (κ2) is 3.45. The molecule has 0 aliphatic carbocycles. The summed E-state index contributed by atoms with van der Waals surface area (Å²) in [4.78, 5) is 7.22. The summed E-state index contributed by atoms with van der Waals surface area (Å²) in [7, 11) is 1.82. The molecule has 14 heavy (non-hydrogen) atoms. The van der Waals surface area contributed by atoms with Gasteiger partial charge in [-0.05, 0) is 13.0 Å². The molecule has 72 valence electrons. The lowest BCUT2D eigenvalue weighted by Gasteiger charge is -2.04. The number of hydrogen-bond donors (Lipinski definition) is 2. The maximum Gasteiger partial charge on any atom is 0.156 e. The van der Waals surface area contributed by atoms with Crippen LogP contribution in [0.4, 0.5) is 5.82 Å². The maximum atomic E-state index is 4.25. The molecule has 2 rings (SSSR count). The summed E-state index contributed by atoms with van der Waals surface area (Å²) in [6.07, 6.45) is 3.71. The quantitative estimate of drug-likeness (QED) is 0.745. The standard InChI is InChI=1S/C9H11N5/c1-6-12-9(10-2)8(14-13-6)7-3-4-11-5-7/h3-5,11H,1-2H3,(H,10,12,13). The third-order valence-electron chi connectivity index (χ3n) is 1.90.